The molecule has 59 heavy (non-hydrogen) atoms. The summed E-state index contributed by atoms with van der Waals surface area (Å²) in [6, 6.07) is 64.4. The quantitative estimate of drug-likeness (QED) is 0.162. The van der Waals surface area contributed by atoms with Gasteiger partial charge in [0.05, 0.1) is 16.7 Å². The van der Waals surface area contributed by atoms with Gasteiger partial charge in [-0.2, -0.15) is 0 Å². The molecule has 1 aliphatic heterocycles. The second-order valence-corrected chi connectivity index (χ2v) is 16.0. The molecule has 0 unspecified atom stereocenters. The standard InChI is InChI=1S/C56H36N2O/c1-2-33-30-37-27-26-34-14-5-6-17-38(34)54(37)57-56(51(33)46-24-13-23-45-42-21-11-12-25-50(42)59-55(45)46)58-48-29-28-44-41-20-8-7-18-39(41)40-19-9-10-22-43(40)52(44)53(48)47-31-35-15-3-4-16-36(35)32-49(47)58/h3-29,31-32H,2,30H2,1H3. The third kappa shape index (κ3) is 4.56. The molecule has 13 rings (SSSR count). The maximum Gasteiger partial charge on any atom is 0.146 e. The fourth-order valence-corrected chi connectivity index (χ4v) is 10.3. The van der Waals surface area contributed by atoms with Crippen LogP contribution in [0.25, 0.3) is 103 Å². The molecule has 0 fully saturated rings. The Morgan fingerprint density at radius 3 is 1.90 bits per heavy atom. The number of aliphatic imine (C=N–C) groups is 1. The first-order valence-corrected chi connectivity index (χ1v) is 20.7. The Hall–Kier alpha value is -7.49. The average molecular weight is 753 g/mol. The first kappa shape index (κ1) is 32.6. The highest BCUT2D eigenvalue weighted by Gasteiger charge is 2.29. The van der Waals surface area contributed by atoms with Gasteiger partial charge in [-0.1, -0.05) is 164 Å². The molecule has 0 aliphatic carbocycles. The molecule has 0 atom stereocenters. The normalized spacial score (nSPS) is 13.5. The second kappa shape index (κ2) is 12.3. The minimum atomic E-state index is 0.787. The minimum absolute atomic E-state index is 0.787. The highest BCUT2D eigenvalue weighted by atomic mass is 16.3. The van der Waals surface area contributed by atoms with E-state index in [4.69, 9.17) is 9.41 Å². The van der Waals surface area contributed by atoms with E-state index >= 15 is 0 Å². The Balaban J connectivity index is 1.26. The van der Waals surface area contributed by atoms with Crippen LogP contribution in [0.2, 0.25) is 0 Å². The van der Waals surface area contributed by atoms with Crippen molar-refractivity contribution < 1.29 is 4.42 Å². The number of nitrogens with zero attached hydrogens (tertiary/aromatic N) is 2. The zero-order valence-corrected chi connectivity index (χ0v) is 32.5. The van der Waals surface area contributed by atoms with E-state index in [-0.39, 0.29) is 0 Å². The molecule has 0 saturated carbocycles. The minimum Gasteiger partial charge on any atom is -0.455 e. The number of furan rings is 1. The first-order valence-electron chi connectivity index (χ1n) is 20.7. The van der Waals surface area contributed by atoms with Crippen LogP contribution in [0.5, 0.6) is 0 Å². The Kier molecular flexibility index (Phi) is 6.77. The number of allylic oxidation sites excluding steroid dienone is 2. The first-order chi connectivity index (χ1) is 29.2. The summed E-state index contributed by atoms with van der Waals surface area (Å²) in [5, 5.41) is 17.1. The molecule has 2 aromatic heterocycles. The van der Waals surface area contributed by atoms with Crippen LogP contribution >= 0.6 is 0 Å². The molecular weight excluding hydrogens is 717 g/mol. The Bertz CT molecular complexity index is 3820. The highest BCUT2D eigenvalue weighted by Crippen LogP contribution is 2.47. The summed E-state index contributed by atoms with van der Waals surface area (Å²) < 4.78 is 9.35. The number of para-hydroxylation sites is 2. The summed E-state index contributed by atoms with van der Waals surface area (Å²) in [5.74, 6) is 0.921. The molecular formula is C56H36N2O. The van der Waals surface area contributed by atoms with Gasteiger partial charge in [0.1, 0.15) is 17.0 Å². The smallest absolute Gasteiger partial charge is 0.146 e. The van der Waals surface area contributed by atoms with Crippen molar-refractivity contribution in [1.29, 1.82) is 0 Å². The monoisotopic (exact) mass is 752 g/mol. The molecule has 3 heterocycles. The molecule has 1 aliphatic rings. The predicted molar refractivity (Wildman–Crippen MR) is 251 cm³/mol. The molecule has 3 nitrogen and oxygen atoms in total. The van der Waals surface area contributed by atoms with Crippen molar-refractivity contribution in [2.45, 2.75) is 19.8 Å². The van der Waals surface area contributed by atoms with E-state index in [0.717, 1.165) is 73.9 Å². The summed E-state index contributed by atoms with van der Waals surface area (Å²) in [7, 11) is 0. The van der Waals surface area contributed by atoms with E-state index in [0.29, 0.717) is 0 Å². The van der Waals surface area contributed by atoms with Gasteiger partial charge in [-0.3, -0.25) is 4.57 Å². The van der Waals surface area contributed by atoms with Gasteiger partial charge >= 0.3 is 0 Å². The third-order valence-electron chi connectivity index (χ3n) is 13.0. The van der Waals surface area contributed by atoms with Crippen molar-refractivity contribution in [3.8, 4) is 0 Å². The average Bonchev–Trinajstić information content (AvgIpc) is 3.77. The molecule has 12 aromatic rings. The summed E-state index contributed by atoms with van der Waals surface area (Å²) >= 11 is 0. The number of benzene rings is 10. The van der Waals surface area contributed by atoms with Crippen molar-refractivity contribution in [2.75, 3.05) is 0 Å². The van der Waals surface area contributed by atoms with Gasteiger partial charge in [-0.05, 0) is 85.8 Å². The van der Waals surface area contributed by atoms with Crippen LogP contribution < -0.4 is 0 Å². The second-order valence-electron chi connectivity index (χ2n) is 16.0. The lowest BCUT2D eigenvalue weighted by molar-refractivity contribution is 0.667. The molecule has 0 amide bonds. The molecule has 0 radical (unpaired) electrons. The highest BCUT2D eigenvalue weighted by molar-refractivity contribution is 6.39. The SMILES string of the molecule is CCC1=C(c2cccc3c2oc2ccccc23)C(n2c3cc4ccccc4cc3c3c4c5ccccc5c5ccccc5c4ccc32)=Nc2c(ccc3ccccc23)C1. The third-order valence-corrected chi connectivity index (χ3v) is 13.0. The summed E-state index contributed by atoms with van der Waals surface area (Å²) in [4.78, 5) is 5.98. The molecule has 0 spiro atoms. The number of aromatic nitrogens is 1. The predicted octanol–water partition coefficient (Wildman–Crippen LogP) is 15.5. The van der Waals surface area contributed by atoms with Crippen molar-refractivity contribution in [2.24, 2.45) is 4.99 Å². The van der Waals surface area contributed by atoms with Crippen LogP contribution in [0.3, 0.4) is 0 Å². The summed E-state index contributed by atoms with van der Waals surface area (Å²) in [6.45, 7) is 2.29. The largest absolute Gasteiger partial charge is 0.455 e. The summed E-state index contributed by atoms with van der Waals surface area (Å²) in [6.07, 6.45) is 1.64. The topological polar surface area (TPSA) is 30.4 Å². The van der Waals surface area contributed by atoms with Crippen molar-refractivity contribution in [1.82, 2.24) is 4.57 Å². The summed E-state index contributed by atoms with van der Waals surface area (Å²) in [5.41, 5.74) is 9.86. The zero-order valence-electron chi connectivity index (χ0n) is 32.5. The van der Waals surface area contributed by atoms with Gasteiger partial charge in [0.2, 0.25) is 0 Å². The molecule has 0 bridgehead atoms. The van der Waals surface area contributed by atoms with Crippen LogP contribution in [0.4, 0.5) is 5.69 Å². The lowest BCUT2D eigenvalue weighted by Gasteiger charge is -2.19. The Labute approximate surface area is 339 Å². The maximum atomic E-state index is 6.86. The van der Waals surface area contributed by atoms with Gasteiger partial charge < -0.3 is 4.42 Å². The fraction of sp³-hybridized carbons (Fsp3) is 0.0536. The molecule has 0 saturated heterocycles. The maximum absolute atomic E-state index is 6.86. The molecule has 10 aromatic carbocycles. The van der Waals surface area contributed by atoms with E-state index in [9.17, 15) is 0 Å². The van der Waals surface area contributed by atoms with Crippen LogP contribution in [0.15, 0.2) is 191 Å². The fourth-order valence-electron chi connectivity index (χ4n) is 10.3. The Morgan fingerprint density at radius 1 is 0.492 bits per heavy atom. The van der Waals surface area contributed by atoms with Gasteiger partial charge in [-0.15, -0.1) is 0 Å². The van der Waals surface area contributed by atoms with E-state index in [2.05, 4.69) is 187 Å². The van der Waals surface area contributed by atoms with E-state index in [1.807, 2.05) is 0 Å². The number of fused-ring (bicyclic) bond motifs is 17. The van der Waals surface area contributed by atoms with Gasteiger partial charge in [0, 0.05) is 43.5 Å². The van der Waals surface area contributed by atoms with Crippen LogP contribution in [0.1, 0.15) is 24.5 Å². The van der Waals surface area contributed by atoms with Gasteiger partial charge in [0.15, 0.2) is 0 Å². The lowest BCUT2D eigenvalue weighted by atomic mass is 9.91. The number of rotatable bonds is 2. The molecule has 0 N–H and O–H groups in total. The van der Waals surface area contributed by atoms with Crippen LogP contribution in [-0.2, 0) is 6.42 Å². The van der Waals surface area contributed by atoms with Crippen LogP contribution in [-0.4, -0.2) is 10.4 Å². The lowest BCUT2D eigenvalue weighted by Crippen LogP contribution is -2.16. The van der Waals surface area contributed by atoms with Crippen molar-refractivity contribution in [3.63, 3.8) is 0 Å². The van der Waals surface area contributed by atoms with Crippen molar-refractivity contribution >= 4 is 115 Å². The Morgan fingerprint density at radius 2 is 1.12 bits per heavy atom. The van der Waals surface area contributed by atoms with Gasteiger partial charge in [-0.25, -0.2) is 4.99 Å². The molecule has 3 heteroatoms. The molecule has 276 valence electrons. The number of hydrogen-bond donors (Lipinski definition) is 0. The van der Waals surface area contributed by atoms with Crippen molar-refractivity contribution in [3.05, 3.63) is 193 Å². The van der Waals surface area contributed by atoms with Gasteiger partial charge in [0.25, 0.3) is 0 Å². The van der Waals surface area contributed by atoms with E-state index < -0.39 is 0 Å². The van der Waals surface area contributed by atoms with Crippen LogP contribution in [0, 0.1) is 0 Å². The number of hydrogen-bond acceptors (Lipinski definition) is 2. The van der Waals surface area contributed by atoms with E-state index in [1.165, 1.54) is 70.4 Å². The zero-order chi connectivity index (χ0) is 38.8. The van der Waals surface area contributed by atoms with E-state index in [1.54, 1.807) is 0 Å².